The molecule has 1 saturated heterocycles. The predicted molar refractivity (Wildman–Crippen MR) is 71.3 cm³/mol. The van der Waals surface area contributed by atoms with Crippen LogP contribution in [0.2, 0.25) is 0 Å². The maximum Gasteiger partial charge on any atom is 0.326 e. The van der Waals surface area contributed by atoms with Crippen molar-refractivity contribution >= 4 is 23.6 Å². The van der Waals surface area contributed by atoms with E-state index in [0.29, 0.717) is 30.6 Å². The third-order valence-corrected chi connectivity index (χ3v) is 3.22. The number of carbonyl (C=O) groups excluding carboxylic acids is 2. The number of hydrogen-bond acceptors (Lipinski definition) is 3. The fraction of sp³-hybridized carbons (Fsp3) is 0.308. The monoisotopic (exact) mass is 277 g/mol. The van der Waals surface area contributed by atoms with E-state index in [-0.39, 0.29) is 0 Å². The quantitative estimate of drug-likeness (QED) is 0.760. The van der Waals surface area contributed by atoms with Crippen molar-refractivity contribution in [3.05, 3.63) is 29.8 Å². The van der Waals surface area contributed by atoms with E-state index in [0.717, 1.165) is 0 Å². The van der Waals surface area contributed by atoms with E-state index in [1.54, 1.807) is 12.1 Å². The second-order valence-electron chi connectivity index (χ2n) is 4.56. The lowest BCUT2D eigenvalue weighted by Gasteiger charge is -2.21. The Kier molecular flexibility index (Phi) is 3.88. The van der Waals surface area contributed by atoms with Gasteiger partial charge < -0.3 is 21.1 Å². The molecule has 2 rings (SSSR count). The van der Waals surface area contributed by atoms with Gasteiger partial charge in [-0.2, -0.15) is 0 Å². The molecule has 1 aliphatic heterocycles. The molecule has 0 radical (unpaired) electrons. The fourth-order valence-corrected chi connectivity index (χ4v) is 2.18. The highest BCUT2D eigenvalue weighted by Crippen LogP contribution is 2.19. The van der Waals surface area contributed by atoms with Gasteiger partial charge in [0, 0.05) is 17.8 Å². The van der Waals surface area contributed by atoms with Gasteiger partial charge in [-0.3, -0.25) is 4.79 Å². The lowest BCUT2D eigenvalue weighted by atomic mass is 10.2. The average Bonchev–Trinajstić information content (AvgIpc) is 2.88. The van der Waals surface area contributed by atoms with Crippen molar-refractivity contribution in [2.75, 3.05) is 11.9 Å². The maximum atomic E-state index is 12.0. The number of amides is 3. The molecule has 1 aromatic carbocycles. The number of rotatable bonds is 3. The molecule has 7 nitrogen and oxygen atoms in total. The summed E-state index contributed by atoms with van der Waals surface area (Å²) in [5.74, 6) is -1.55. The van der Waals surface area contributed by atoms with E-state index in [9.17, 15) is 14.4 Å². The van der Waals surface area contributed by atoms with Crippen molar-refractivity contribution in [2.24, 2.45) is 5.73 Å². The number of primary amides is 1. The second kappa shape index (κ2) is 5.60. The molecule has 20 heavy (non-hydrogen) atoms. The Bertz CT molecular complexity index is 541. The summed E-state index contributed by atoms with van der Waals surface area (Å²) in [6, 6.07) is 4.85. The smallest absolute Gasteiger partial charge is 0.326 e. The second-order valence-corrected chi connectivity index (χ2v) is 4.56. The Balaban J connectivity index is 2.04. The zero-order chi connectivity index (χ0) is 14.7. The summed E-state index contributed by atoms with van der Waals surface area (Å²) in [7, 11) is 0. The molecular weight excluding hydrogens is 262 g/mol. The SMILES string of the molecule is NC(=O)c1ccc(NC(=O)N2CCCC2C(=O)O)cc1. The van der Waals surface area contributed by atoms with E-state index in [2.05, 4.69) is 5.32 Å². The minimum Gasteiger partial charge on any atom is -0.480 e. The van der Waals surface area contributed by atoms with Crippen LogP contribution < -0.4 is 11.1 Å². The molecule has 1 unspecified atom stereocenters. The van der Waals surface area contributed by atoms with E-state index in [1.807, 2.05) is 0 Å². The number of nitrogens with zero attached hydrogens (tertiary/aromatic N) is 1. The number of likely N-dealkylation sites (tertiary alicyclic amines) is 1. The van der Waals surface area contributed by atoms with Gasteiger partial charge in [0.25, 0.3) is 0 Å². The Labute approximate surface area is 115 Å². The van der Waals surface area contributed by atoms with Crippen molar-refractivity contribution < 1.29 is 19.5 Å². The van der Waals surface area contributed by atoms with E-state index >= 15 is 0 Å². The van der Waals surface area contributed by atoms with E-state index in [4.69, 9.17) is 10.8 Å². The maximum absolute atomic E-state index is 12.0. The van der Waals surface area contributed by atoms with Gasteiger partial charge in [0.1, 0.15) is 6.04 Å². The number of carboxylic acids is 1. The first-order valence-corrected chi connectivity index (χ1v) is 6.19. The molecule has 4 N–H and O–H groups in total. The Morgan fingerprint density at radius 2 is 1.90 bits per heavy atom. The number of nitrogens with one attached hydrogen (secondary N) is 1. The Hall–Kier alpha value is -2.57. The lowest BCUT2D eigenvalue weighted by molar-refractivity contribution is -0.141. The van der Waals surface area contributed by atoms with Crippen molar-refractivity contribution in [1.82, 2.24) is 4.90 Å². The molecule has 1 atom stereocenters. The van der Waals surface area contributed by atoms with Gasteiger partial charge in [-0.1, -0.05) is 0 Å². The molecule has 106 valence electrons. The van der Waals surface area contributed by atoms with Crippen LogP contribution in [-0.4, -0.2) is 40.5 Å². The molecule has 1 aromatic rings. The van der Waals surface area contributed by atoms with E-state index < -0.39 is 23.9 Å². The lowest BCUT2D eigenvalue weighted by Crippen LogP contribution is -2.42. The number of carboxylic acid groups (broad SMARTS) is 1. The number of carbonyl (C=O) groups is 3. The van der Waals surface area contributed by atoms with Gasteiger partial charge in [-0.15, -0.1) is 0 Å². The first-order chi connectivity index (χ1) is 9.49. The molecular formula is C13H15N3O4. The highest BCUT2D eigenvalue weighted by Gasteiger charge is 2.33. The number of aliphatic carboxylic acids is 1. The minimum absolute atomic E-state index is 0.340. The van der Waals surface area contributed by atoms with Crippen LogP contribution in [0.3, 0.4) is 0 Å². The molecule has 1 aliphatic rings. The van der Waals surface area contributed by atoms with Crippen LogP contribution in [0.5, 0.6) is 0 Å². The molecule has 0 aliphatic carbocycles. The third-order valence-electron chi connectivity index (χ3n) is 3.22. The summed E-state index contributed by atoms with van der Waals surface area (Å²) in [4.78, 5) is 35.2. The fourth-order valence-electron chi connectivity index (χ4n) is 2.18. The van der Waals surface area contributed by atoms with Gasteiger partial charge in [0.05, 0.1) is 0 Å². The third kappa shape index (κ3) is 2.87. The number of anilines is 1. The van der Waals surface area contributed by atoms with Crippen LogP contribution in [0.1, 0.15) is 23.2 Å². The summed E-state index contributed by atoms with van der Waals surface area (Å²) in [5.41, 5.74) is 5.94. The molecule has 7 heteroatoms. The number of benzene rings is 1. The molecule has 1 heterocycles. The highest BCUT2D eigenvalue weighted by atomic mass is 16.4. The number of urea groups is 1. The molecule has 3 amide bonds. The van der Waals surface area contributed by atoms with E-state index in [1.165, 1.54) is 17.0 Å². The summed E-state index contributed by atoms with van der Waals surface area (Å²) < 4.78 is 0. The summed E-state index contributed by atoms with van der Waals surface area (Å²) in [6.07, 6.45) is 1.13. The van der Waals surface area contributed by atoms with Crippen molar-refractivity contribution in [3.8, 4) is 0 Å². The zero-order valence-electron chi connectivity index (χ0n) is 10.7. The standard InChI is InChI=1S/C13H15N3O4/c14-11(17)8-3-5-9(6-4-8)15-13(20)16-7-1-2-10(16)12(18)19/h3-6,10H,1-2,7H2,(H2,14,17)(H,15,20)(H,18,19). The van der Waals surface area contributed by atoms with Gasteiger partial charge in [-0.05, 0) is 37.1 Å². The first kappa shape index (κ1) is 13.9. The predicted octanol–water partition coefficient (Wildman–Crippen LogP) is 0.866. The van der Waals surface area contributed by atoms with Crippen LogP contribution in [0.4, 0.5) is 10.5 Å². The van der Waals surface area contributed by atoms with Crippen molar-refractivity contribution in [2.45, 2.75) is 18.9 Å². The molecule has 0 saturated carbocycles. The van der Waals surface area contributed by atoms with Crippen LogP contribution in [-0.2, 0) is 4.79 Å². The molecule has 0 spiro atoms. The van der Waals surface area contributed by atoms with Crippen molar-refractivity contribution in [3.63, 3.8) is 0 Å². The summed E-state index contributed by atoms with van der Waals surface area (Å²) in [6.45, 7) is 0.419. The molecule has 0 aromatic heterocycles. The topological polar surface area (TPSA) is 113 Å². The summed E-state index contributed by atoms with van der Waals surface area (Å²) in [5, 5.41) is 11.6. The van der Waals surface area contributed by atoms with Gasteiger partial charge >= 0.3 is 12.0 Å². The van der Waals surface area contributed by atoms with Gasteiger partial charge in [-0.25, -0.2) is 9.59 Å². The number of nitrogens with two attached hydrogens (primary N) is 1. The zero-order valence-corrected chi connectivity index (χ0v) is 10.7. The summed E-state index contributed by atoms with van der Waals surface area (Å²) >= 11 is 0. The number of hydrogen-bond donors (Lipinski definition) is 3. The molecule has 1 fully saturated rings. The Morgan fingerprint density at radius 3 is 2.45 bits per heavy atom. The van der Waals surface area contributed by atoms with Crippen LogP contribution >= 0.6 is 0 Å². The largest absolute Gasteiger partial charge is 0.480 e. The average molecular weight is 277 g/mol. The van der Waals surface area contributed by atoms with Gasteiger partial charge in [0.15, 0.2) is 0 Å². The minimum atomic E-state index is -0.998. The van der Waals surface area contributed by atoms with Crippen LogP contribution in [0.25, 0.3) is 0 Å². The van der Waals surface area contributed by atoms with Crippen LogP contribution in [0.15, 0.2) is 24.3 Å². The normalized spacial score (nSPS) is 17.8. The first-order valence-electron chi connectivity index (χ1n) is 6.19. The Morgan fingerprint density at radius 1 is 1.25 bits per heavy atom. The molecule has 0 bridgehead atoms. The van der Waals surface area contributed by atoms with Gasteiger partial charge in [0.2, 0.25) is 5.91 Å². The highest BCUT2D eigenvalue weighted by molar-refractivity contribution is 5.95. The van der Waals surface area contributed by atoms with Crippen LogP contribution in [0, 0.1) is 0 Å². The van der Waals surface area contributed by atoms with Crippen molar-refractivity contribution in [1.29, 1.82) is 0 Å².